The summed E-state index contributed by atoms with van der Waals surface area (Å²) in [5, 5.41) is 15.8. The summed E-state index contributed by atoms with van der Waals surface area (Å²) in [4.78, 5) is 21.2. The topological polar surface area (TPSA) is 68.0 Å². The van der Waals surface area contributed by atoms with Gasteiger partial charge in [-0.3, -0.25) is 9.78 Å². The minimum absolute atomic E-state index is 0. The Morgan fingerprint density at radius 1 is 0.851 bits per heavy atom. The molecule has 0 atom stereocenters. The Labute approximate surface area is 292 Å². The normalized spacial score (nSPS) is 11.9. The molecule has 2 heterocycles. The summed E-state index contributed by atoms with van der Waals surface area (Å²) in [7, 11) is 2.11. The summed E-state index contributed by atoms with van der Waals surface area (Å²) in [5.74, 6) is 0.958. The second-order valence-electron chi connectivity index (χ2n) is 12.5. The fourth-order valence-electron chi connectivity index (χ4n) is 6.55. The Morgan fingerprint density at radius 3 is 2.11 bits per heavy atom. The third-order valence-electron chi connectivity index (χ3n) is 9.40. The summed E-state index contributed by atoms with van der Waals surface area (Å²) in [6.07, 6.45) is 6.59. The number of aryl methyl sites for hydroxylation is 1. The van der Waals surface area contributed by atoms with Gasteiger partial charge < -0.3 is 9.67 Å². The molecule has 0 unspecified atom stereocenters. The molecule has 0 saturated heterocycles. The first kappa shape index (κ1) is 36.0. The molecule has 0 aliphatic heterocycles. The van der Waals surface area contributed by atoms with Gasteiger partial charge in [0.15, 0.2) is 5.78 Å². The number of hydrogen-bond acceptors (Lipinski definition) is 4. The number of aliphatic hydroxyl groups excluding tert-OH is 1. The van der Waals surface area contributed by atoms with Gasteiger partial charge >= 0.3 is 0 Å². The SMILES string of the molecule is CC(C)c1cc(-c2ncnc3c4cc5ccccc5cc4n(C)c23)[c-]c2ccccc12.CCC(CC)C(=O)/C=C(\O)C(CC)CC.[Ir]. The van der Waals surface area contributed by atoms with Crippen LogP contribution in [0.1, 0.15) is 78.7 Å². The van der Waals surface area contributed by atoms with E-state index in [1.807, 2.05) is 27.7 Å². The quantitative estimate of drug-likeness (QED) is 0.0898. The van der Waals surface area contributed by atoms with E-state index in [1.165, 1.54) is 33.3 Å². The third kappa shape index (κ3) is 7.35. The van der Waals surface area contributed by atoms with Crippen LogP contribution in [-0.4, -0.2) is 25.4 Å². The Balaban J connectivity index is 0.000000269. The van der Waals surface area contributed by atoms with Crippen LogP contribution in [-0.2, 0) is 31.9 Å². The largest absolute Gasteiger partial charge is 0.512 e. The number of fused-ring (bicyclic) bond motifs is 5. The van der Waals surface area contributed by atoms with E-state index in [4.69, 9.17) is 9.97 Å². The van der Waals surface area contributed by atoms with Crippen LogP contribution in [0.25, 0.3) is 54.7 Å². The van der Waals surface area contributed by atoms with Crippen LogP contribution < -0.4 is 0 Å². The van der Waals surface area contributed by atoms with Crippen LogP contribution >= 0.6 is 0 Å². The van der Waals surface area contributed by atoms with E-state index < -0.39 is 0 Å². The maximum Gasteiger partial charge on any atom is 0.162 e. The molecule has 0 bridgehead atoms. The number of allylic oxidation sites excluding steroid dienone is 2. The summed E-state index contributed by atoms with van der Waals surface area (Å²) >= 11 is 0. The molecule has 1 N–H and O–H groups in total. The molecular formula is C41H46IrN3O2-. The van der Waals surface area contributed by atoms with Crippen molar-refractivity contribution in [3.63, 3.8) is 0 Å². The minimum Gasteiger partial charge on any atom is -0.512 e. The van der Waals surface area contributed by atoms with Gasteiger partial charge in [0.1, 0.15) is 6.33 Å². The van der Waals surface area contributed by atoms with Crippen LogP contribution in [0.4, 0.5) is 0 Å². The molecular weight excluding hydrogens is 759 g/mol. The second kappa shape index (κ2) is 15.8. The first-order valence-corrected chi connectivity index (χ1v) is 16.7. The molecule has 0 aliphatic rings. The van der Waals surface area contributed by atoms with Crippen molar-refractivity contribution in [2.45, 2.75) is 73.1 Å². The number of carbonyl (C=O) groups excluding carboxylic acids is 1. The first-order chi connectivity index (χ1) is 22.2. The van der Waals surface area contributed by atoms with Gasteiger partial charge in [0.2, 0.25) is 0 Å². The van der Waals surface area contributed by atoms with Gasteiger partial charge in [-0.05, 0) is 54.5 Å². The van der Waals surface area contributed by atoms with E-state index in [-0.39, 0.29) is 43.5 Å². The maximum atomic E-state index is 11.7. The van der Waals surface area contributed by atoms with Crippen molar-refractivity contribution in [3.8, 4) is 11.3 Å². The van der Waals surface area contributed by atoms with E-state index in [2.05, 4.69) is 98.3 Å². The van der Waals surface area contributed by atoms with Crippen molar-refractivity contribution in [2.24, 2.45) is 18.9 Å². The fourth-order valence-corrected chi connectivity index (χ4v) is 6.55. The van der Waals surface area contributed by atoms with Gasteiger partial charge in [0, 0.05) is 56.1 Å². The van der Waals surface area contributed by atoms with Crippen molar-refractivity contribution >= 4 is 49.3 Å². The van der Waals surface area contributed by atoms with Gasteiger partial charge in [0.05, 0.1) is 22.3 Å². The molecule has 247 valence electrons. The number of aromatic nitrogens is 3. The predicted octanol–water partition coefficient (Wildman–Crippen LogP) is 10.9. The zero-order valence-corrected chi connectivity index (χ0v) is 31.0. The average Bonchev–Trinajstić information content (AvgIpc) is 3.35. The second-order valence-corrected chi connectivity index (χ2v) is 12.5. The van der Waals surface area contributed by atoms with E-state index in [1.54, 1.807) is 6.33 Å². The molecule has 0 amide bonds. The Kier molecular flexibility index (Phi) is 12.1. The Morgan fingerprint density at radius 2 is 1.47 bits per heavy atom. The smallest absolute Gasteiger partial charge is 0.162 e. The van der Waals surface area contributed by atoms with Gasteiger partial charge in [-0.15, -0.1) is 29.1 Å². The molecule has 0 fully saturated rings. The summed E-state index contributed by atoms with van der Waals surface area (Å²) in [5.41, 5.74) is 6.47. The first-order valence-electron chi connectivity index (χ1n) is 16.7. The number of ketones is 1. The molecule has 5 nitrogen and oxygen atoms in total. The number of carbonyl (C=O) groups is 1. The minimum atomic E-state index is 0. The average molecular weight is 805 g/mol. The zero-order valence-electron chi connectivity index (χ0n) is 28.6. The van der Waals surface area contributed by atoms with Gasteiger partial charge in [-0.1, -0.05) is 95.0 Å². The van der Waals surface area contributed by atoms with E-state index in [0.717, 1.165) is 58.7 Å². The molecule has 6 rings (SSSR count). The molecule has 1 radical (unpaired) electrons. The van der Waals surface area contributed by atoms with Crippen molar-refractivity contribution in [2.75, 3.05) is 0 Å². The number of nitrogens with zero attached hydrogens (tertiary/aromatic N) is 3. The third-order valence-corrected chi connectivity index (χ3v) is 9.40. The number of hydrogen-bond donors (Lipinski definition) is 1. The maximum absolute atomic E-state index is 11.7. The molecule has 2 aromatic heterocycles. The summed E-state index contributed by atoms with van der Waals surface area (Å²) in [6, 6.07) is 27.3. The molecule has 6 aromatic rings. The number of benzene rings is 4. The summed E-state index contributed by atoms with van der Waals surface area (Å²) < 4.78 is 2.23. The molecule has 47 heavy (non-hydrogen) atoms. The zero-order chi connectivity index (χ0) is 33.0. The molecule has 6 heteroatoms. The van der Waals surface area contributed by atoms with Crippen LogP contribution in [0.15, 0.2) is 84.9 Å². The number of rotatable bonds is 9. The van der Waals surface area contributed by atoms with Crippen LogP contribution in [0.5, 0.6) is 0 Å². The van der Waals surface area contributed by atoms with Gasteiger partial charge in [-0.2, -0.15) is 0 Å². The van der Waals surface area contributed by atoms with Crippen molar-refractivity contribution in [1.82, 2.24) is 14.5 Å². The number of aliphatic hydroxyl groups is 1. The Hall–Kier alpha value is -3.86. The molecule has 0 spiro atoms. The van der Waals surface area contributed by atoms with Gasteiger partial charge in [-0.25, -0.2) is 4.98 Å². The monoisotopic (exact) mass is 805 g/mol. The van der Waals surface area contributed by atoms with E-state index in [9.17, 15) is 9.90 Å². The standard InChI is InChI=1S/C28H22N3.C13H24O2.Ir/c1-17(2)23-14-21(12-20-10-6-7-11-22(20)23)26-28-27(30-16-29-26)24-13-18-8-4-5-9-19(18)15-25(24)31(28)3;1-5-10(6-2)12(14)9-13(15)11(7-3)8-4;/h4-11,13-17H,1-3H3;9-11,14H,5-8H2,1-4H3;/q-1;;/b;12-9-;. The Bertz CT molecular complexity index is 2030. The molecule has 0 aliphatic carbocycles. The van der Waals surface area contributed by atoms with Crippen molar-refractivity contribution in [1.29, 1.82) is 0 Å². The summed E-state index contributed by atoms with van der Waals surface area (Å²) in [6.45, 7) is 12.6. The van der Waals surface area contributed by atoms with E-state index >= 15 is 0 Å². The fraction of sp³-hybridized carbons (Fsp3) is 0.341. The predicted molar refractivity (Wildman–Crippen MR) is 193 cm³/mol. The molecule has 0 saturated carbocycles. The van der Waals surface area contributed by atoms with Crippen LogP contribution in [0.2, 0.25) is 0 Å². The van der Waals surface area contributed by atoms with Crippen LogP contribution in [0.3, 0.4) is 0 Å². The van der Waals surface area contributed by atoms with E-state index in [0.29, 0.717) is 5.92 Å². The van der Waals surface area contributed by atoms with Crippen LogP contribution in [0, 0.1) is 17.9 Å². The van der Waals surface area contributed by atoms with Crippen molar-refractivity contribution < 1.29 is 30.0 Å². The molecule has 4 aromatic carbocycles. The van der Waals surface area contributed by atoms with Crippen molar-refractivity contribution in [3.05, 3.63) is 96.5 Å². The van der Waals surface area contributed by atoms with Gasteiger partial charge in [0.25, 0.3) is 0 Å².